The molecule has 4 heteroatoms. The smallest absolute Gasteiger partial charge is 0.124 e. The van der Waals surface area contributed by atoms with Crippen LogP contribution in [0.5, 0.6) is 0 Å². The molecule has 0 radical (unpaired) electrons. The fourth-order valence-electron chi connectivity index (χ4n) is 2.37. The van der Waals surface area contributed by atoms with E-state index in [1.54, 1.807) is 0 Å². The summed E-state index contributed by atoms with van der Waals surface area (Å²) < 4.78 is 13.9. The van der Waals surface area contributed by atoms with Crippen molar-refractivity contribution < 1.29 is 9.50 Å². The zero-order valence-electron chi connectivity index (χ0n) is 9.63. The van der Waals surface area contributed by atoms with Gasteiger partial charge in [-0.15, -0.1) is 0 Å². The molecule has 0 bridgehead atoms. The summed E-state index contributed by atoms with van der Waals surface area (Å²) in [5.41, 5.74) is 0.921. The van der Waals surface area contributed by atoms with E-state index in [1.165, 1.54) is 12.1 Å². The molecular weight excluding hydrogens is 285 g/mol. The molecule has 2 unspecified atom stereocenters. The summed E-state index contributed by atoms with van der Waals surface area (Å²) in [4.78, 5) is 0. The van der Waals surface area contributed by atoms with Crippen molar-refractivity contribution in [3.05, 3.63) is 34.1 Å². The molecule has 1 aliphatic rings. The molecule has 17 heavy (non-hydrogen) atoms. The Morgan fingerprint density at radius 1 is 1.35 bits per heavy atom. The molecule has 2 rings (SSSR count). The third-order valence-electron chi connectivity index (χ3n) is 3.28. The highest BCUT2D eigenvalue weighted by Gasteiger charge is 2.24. The maximum atomic E-state index is 13.1. The first-order valence-electron chi connectivity index (χ1n) is 5.99. The minimum Gasteiger partial charge on any atom is -0.393 e. The Bertz CT molecular complexity index is 365. The molecule has 0 spiro atoms. The Kier molecular flexibility index (Phi) is 4.54. The van der Waals surface area contributed by atoms with Gasteiger partial charge in [0, 0.05) is 17.6 Å². The Morgan fingerprint density at radius 3 is 2.82 bits per heavy atom. The van der Waals surface area contributed by atoms with Crippen LogP contribution in [0, 0.1) is 11.7 Å². The highest BCUT2D eigenvalue weighted by Crippen LogP contribution is 2.24. The van der Waals surface area contributed by atoms with E-state index >= 15 is 0 Å². The molecule has 0 amide bonds. The summed E-state index contributed by atoms with van der Waals surface area (Å²) in [5, 5.41) is 12.9. The number of hydrogen-bond donors (Lipinski definition) is 2. The van der Waals surface area contributed by atoms with Crippen molar-refractivity contribution in [1.29, 1.82) is 0 Å². The largest absolute Gasteiger partial charge is 0.393 e. The second kappa shape index (κ2) is 5.94. The zero-order chi connectivity index (χ0) is 12.3. The standard InChI is InChI=1S/C13H17BrFNO/c14-11-4-9(5-12(15)6-11)7-16-8-10-2-1-3-13(10)17/h4-6,10,13,16-17H,1-3,7-8H2. The van der Waals surface area contributed by atoms with E-state index in [0.29, 0.717) is 12.5 Å². The number of rotatable bonds is 4. The number of benzene rings is 1. The highest BCUT2D eigenvalue weighted by molar-refractivity contribution is 9.10. The third kappa shape index (κ3) is 3.76. The van der Waals surface area contributed by atoms with E-state index in [1.807, 2.05) is 6.07 Å². The molecule has 2 N–H and O–H groups in total. The quantitative estimate of drug-likeness (QED) is 0.896. The average molecular weight is 302 g/mol. The molecule has 0 saturated heterocycles. The van der Waals surface area contributed by atoms with Crippen LogP contribution in [-0.2, 0) is 6.54 Å². The van der Waals surface area contributed by atoms with Crippen LogP contribution >= 0.6 is 15.9 Å². The van der Waals surface area contributed by atoms with Crippen LogP contribution in [0.3, 0.4) is 0 Å². The molecule has 1 saturated carbocycles. The molecule has 1 aliphatic carbocycles. The van der Waals surface area contributed by atoms with Crippen molar-refractivity contribution >= 4 is 15.9 Å². The van der Waals surface area contributed by atoms with Crippen LogP contribution in [0.2, 0.25) is 0 Å². The van der Waals surface area contributed by atoms with E-state index in [2.05, 4.69) is 21.2 Å². The van der Waals surface area contributed by atoms with Crippen molar-refractivity contribution in [3.63, 3.8) is 0 Å². The van der Waals surface area contributed by atoms with Gasteiger partial charge in [-0.1, -0.05) is 22.4 Å². The van der Waals surface area contributed by atoms with Gasteiger partial charge in [0.15, 0.2) is 0 Å². The Morgan fingerprint density at radius 2 is 2.18 bits per heavy atom. The molecule has 1 fully saturated rings. The number of nitrogens with one attached hydrogen (secondary N) is 1. The Balaban J connectivity index is 1.81. The van der Waals surface area contributed by atoms with Gasteiger partial charge in [0.2, 0.25) is 0 Å². The monoisotopic (exact) mass is 301 g/mol. The lowest BCUT2D eigenvalue weighted by molar-refractivity contribution is 0.131. The predicted molar refractivity (Wildman–Crippen MR) is 69.2 cm³/mol. The van der Waals surface area contributed by atoms with Gasteiger partial charge in [-0.25, -0.2) is 4.39 Å². The van der Waals surface area contributed by atoms with Crippen molar-refractivity contribution in [2.75, 3.05) is 6.54 Å². The van der Waals surface area contributed by atoms with Crippen LogP contribution in [-0.4, -0.2) is 17.8 Å². The van der Waals surface area contributed by atoms with Crippen LogP contribution in [0.4, 0.5) is 4.39 Å². The van der Waals surface area contributed by atoms with Gasteiger partial charge in [0.25, 0.3) is 0 Å². The van der Waals surface area contributed by atoms with Gasteiger partial charge in [0.1, 0.15) is 5.82 Å². The first-order chi connectivity index (χ1) is 8.15. The average Bonchev–Trinajstić information content (AvgIpc) is 2.63. The number of hydrogen-bond acceptors (Lipinski definition) is 2. The topological polar surface area (TPSA) is 32.3 Å². The van der Waals surface area contributed by atoms with Crippen LogP contribution in [0.15, 0.2) is 22.7 Å². The van der Waals surface area contributed by atoms with Crippen LogP contribution < -0.4 is 5.32 Å². The number of aliphatic hydroxyl groups excluding tert-OH is 1. The molecule has 94 valence electrons. The first kappa shape index (κ1) is 13.0. The predicted octanol–water partition coefficient (Wildman–Crippen LogP) is 2.84. The van der Waals surface area contributed by atoms with Crippen molar-refractivity contribution in [2.45, 2.75) is 31.9 Å². The van der Waals surface area contributed by atoms with E-state index in [4.69, 9.17) is 0 Å². The van der Waals surface area contributed by atoms with Crippen molar-refractivity contribution in [1.82, 2.24) is 5.32 Å². The minimum atomic E-state index is -0.225. The van der Waals surface area contributed by atoms with Crippen LogP contribution in [0.25, 0.3) is 0 Å². The van der Waals surface area contributed by atoms with Crippen molar-refractivity contribution in [3.8, 4) is 0 Å². The van der Waals surface area contributed by atoms with E-state index in [9.17, 15) is 9.50 Å². The van der Waals surface area contributed by atoms with E-state index < -0.39 is 0 Å². The second-order valence-corrected chi connectivity index (χ2v) is 5.58. The number of aliphatic hydroxyl groups is 1. The summed E-state index contributed by atoms with van der Waals surface area (Å²) in [6, 6.07) is 4.88. The molecule has 0 aliphatic heterocycles. The summed E-state index contributed by atoms with van der Waals surface area (Å²) in [6.45, 7) is 1.44. The van der Waals surface area contributed by atoms with Crippen molar-refractivity contribution in [2.24, 2.45) is 5.92 Å². The first-order valence-corrected chi connectivity index (χ1v) is 6.78. The highest BCUT2D eigenvalue weighted by atomic mass is 79.9. The maximum absolute atomic E-state index is 13.1. The SMILES string of the molecule is OC1CCCC1CNCc1cc(F)cc(Br)c1. The van der Waals surface area contributed by atoms with Gasteiger partial charge < -0.3 is 10.4 Å². The Labute approximate surface area is 109 Å². The summed E-state index contributed by atoms with van der Waals surface area (Å²) in [5.74, 6) is 0.129. The fraction of sp³-hybridized carbons (Fsp3) is 0.538. The van der Waals surface area contributed by atoms with E-state index in [0.717, 1.165) is 35.8 Å². The summed E-state index contributed by atoms with van der Waals surface area (Å²) in [6.07, 6.45) is 2.94. The molecule has 1 aromatic rings. The summed E-state index contributed by atoms with van der Waals surface area (Å²) in [7, 11) is 0. The lowest BCUT2D eigenvalue weighted by atomic mass is 10.1. The van der Waals surface area contributed by atoms with Crippen LogP contribution in [0.1, 0.15) is 24.8 Å². The third-order valence-corrected chi connectivity index (χ3v) is 3.73. The molecule has 0 aromatic heterocycles. The lowest BCUT2D eigenvalue weighted by Crippen LogP contribution is -2.27. The molecule has 1 aromatic carbocycles. The second-order valence-electron chi connectivity index (χ2n) is 4.67. The Hall–Kier alpha value is -0.450. The van der Waals surface area contributed by atoms with Gasteiger partial charge in [0.05, 0.1) is 6.10 Å². The fourth-order valence-corrected chi connectivity index (χ4v) is 2.88. The maximum Gasteiger partial charge on any atom is 0.124 e. The minimum absolute atomic E-state index is 0.165. The molecular formula is C13H17BrFNO. The van der Waals surface area contributed by atoms with Gasteiger partial charge in [-0.2, -0.15) is 0 Å². The zero-order valence-corrected chi connectivity index (χ0v) is 11.2. The van der Waals surface area contributed by atoms with Gasteiger partial charge in [-0.05, 0) is 42.5 Å². The van der Waals surface area contributed by atoms with Gasteiger partial charge >= 0.3 is 0 Å². The molecule has 2 atom stereocenters. The summed E-state index contributed by atoms with van der Waals surface area (Å²) >= 11 is 3.27. The lowest BCUT2D eigenvalue weighted by Gasteiger charge is -2.15. The van der Waals surface area contributed by atoms with E-state index in [-0.39, 0.29) is 11.9 Å². The number of halogens is 2. The molecule has 2 nitrogen and oxygen atoms in total. The normalized spacial score (nSPS) is 24.2. The van der Waals surface area contributed by atoms with Gasteiger partial charge in [-0.3, -0.25) is 0 Å². The molecule has 0 heterocycles.